The zero-order chi connectivity index (χ0) is 11.9. The van der Waals surface area contributed by atoms with Crippen molar-refractivity contribution in [3.05, 3.63) is 23.5 Å². The molecule has 0 fully saturated rings. The summed E-state index contributed by atoms with van der Waals surface area (Å²) in [7, 11) is -3.37. The van der Waals surface area contributed by atoms with Crippen molar-refractivity contribution in [3.63, 3.8) is 0 Å². The maximum atomic E-state index is 13.4. The van der Waals surface area contributed by atoms with Gasteiger partial charge in [-0.3, -0.25) is 10.1 Å². The number of nitrogen functional groups attached to an aromatic ring is 1. The number of nitrogens with two attached hydrogens (primary N) is 1. The largest absolute Gasteiger partial charge is 0.321 e. The second-order valence-electron chi connectivity index (χ2n) is 3.49. The Kier molecular flexibility index (Phi) is 2.51. The summed E-state index contributed by atoms with van der Waals surface area (Å²) in [5.74, 6) is 4.43. The zero-order valence-corrected chi connectivity index (χ0v) is 9.51. The van der Waals surface area contributed by atoms with E-state index >= 15 is 0 Å². The van der Waals surface area contributed by atoms with Crippen LogP contribution in [0.5, 0.6) is 0 Å². The van der Waals surface area contributed by atoms with Crippen molar-refractivity contribution in [1.82, 2.24) is 0 Å². The van der Waals surface area contributed by atoms with Gasteiger partial charge in [-0.2, -0.15) is 0 Å². The number of hydrazine groups is 1. The molecule has 1 heterocycles. The summed E-state index contributed by atoms with van der Waals surface area (Å²) < 4.78 is 38.2. The molecule has 1 aromatic rings. The molecule has 5 nitrogen and oxygen atoms in total. The van der Waals surface area contributed by atoms with E-state index in [0.29, 0.717) is 17.8 Å². The molecule has 7 heteroatoms. The third-order valence-corrected chi connectivity index (χ3v) is 4.38. The van der Waals surface area contributed by atoms with Crippen molar-refractivity contribution in [1.29, 1.82) is 0 Å². The number of hydrogen-bond acceptors (Lipinski definition) is 4. The van der Waals surface area contributed by atoms with E-state index < -0.39 is 15.8 Å². The average molecular weight is 245 g/mol. The molecular weight excluding hydrogens is 233 g/mol. The van der Waals surface area contributed by atoms with E-state index in [2.05, 4.69) is 5.43 Å². The Labute approximate surface area is 93.1 Å². The van der Waals surface area contributed by atoms with Crippen LogP contribution in [0, 0.1) is 5.82 Å². The summed E-state index contributed by atoms with van der Waals surface area (Å²) in [6.45, 7) is 2.05. The first kappa shape index (κ1) is 11.2. The minimum atomic E-state index is -3.37. The molecule has 0 radical (unpaired) electrons. The second kappa shape index (κ2) is 3.60. The van der Waals surface area contributed by atoms with Crippen LogP contribution in [-0.4, -0.2) is 15.0 Å². The molecule has 2 rings (SSSR count). The topological polar surface area (TPSA) is 75.4 Å². The first-order valence-corrected chi connectivity index (χ1v) is 6.40. The maximum Gasteiger partial charge on any atom is 0.239 e. The fourth-order valence-electron chi connectivity index (χ4n) is 1.92. The van der Waals surface area contributed by atoms with E-state index in [1.54, 1.807) is 6.92 Å². The first-order chi connectivity index (χ1) is 7.51. The van der Waals surface area contributed by atoms with E-state index in [9.17, 15) is 12.8 Å². The van der Waals surface area contributed by atoms with E-state index in [4.69, 9.17) is 5.84 Å². The molecule has 3 N–H and O–H groups in total. The van der Waals surface area contributed by atoms with Crippen molar-refractivity contribution in [2.75, 3.05) is 16.3 Å². The highest BCUT2D eigenvalue weighted by Gasteiger charge is 2.34. The number of nitrogens with one attached hydrogen (secondary N) is 1. The molecular formula is C9H12FN3O2S. The van der Waals surface area contributed by atoms with Gasteiger partial charge in [-0.05, 0) is 19.1 Å². The molecule has 0 atom stereocenters. The SMILES string of the molecule is CCN1c2ccc(F)c(NN)c2CS1(=O)=O. The number of fused-ring (bicyclic) bond motifs is 1. The molecule has 1 aliphatic rings. The van der Waals surface area contributed by atoms with Gasteiger partial charge in [0.1, 0.15) is 5.82 Å². The molecule has 0 unspecified atom stereocenters. The Balaban J connectivity index is 2.67. The van der Waals surface area contributed by atoms with Crippen LogP contribution in [0.3, 0.4) is 0 Å². The first-order valence-electron chi connectivity index (χ1n) is 4.79. The molecule has 0 saturated heterocycles. The summed E-state index contributed by atoms with van der Waals surface area (Å²) in [6, 6.07) is 2.66. The summed E-state index contributed by atoms with van der Waals surface area (Å²) >= 11 is 0. The molecule has 1 aromatic carbocycles. The van der Waals surface area contributed by atoms with Crippen LogP contribution in [0.25, 0.3) is 0 Å². The molecule has 0 amide bonds. The normalized spacial score (nSPS) is 17.3. The van der Waals surface area contributed by atoms with Crippen LogP contribution in [0.1, 0.15) is 12.5 Å². The van der Waals surface area contributed by atoms with Gasteiger partial charge in [-0.25, -0.2) is 12.8 Å². The lowest BCUT2D eigenvalue weighted by molar-refractivity contribution is 0.594. The van der Waals surface area contributed by atoms with Crippen LogP contribution < -0.4 is 15.6 Å². The molecule has 1 aliphatic heterocycles. The highest BCUT2D eigenvalue weighted by molar-refractivity contribution is 7.92. The van der Waals surface area contributed by atoms with Crippen molar-refractivity contribution >= 4 is 21.4 Å². The van der Waals surface area contributed by atoms with Crippen LogP contribution in [0.2, 0.25) is 0 Å². The molecule has 16 heavy (non-hydrogen) atoms. The predicted octanol–water partition coefficient (Wildman–Crippen LogP) is 0.781. The van der Waals surface area contributed by atoms with Crippen LogP contribution in [0.15, 0.2) is 12.1 Å². The summed E-state index contributed by atoms with van der Waals surface area (Å²) in [5.41, 5.74) is 3.15. The smallest absolute Gasteiger partial charge is 0.239 e. The second-order valence-corrected chi connectivity index (χ2v) is 5.38. The van der Waals surface area contributed by atoms with E-state index in [1.165, 1.54) is 16.4 Å². The lowest BCUT2D eigenvalue weighted by atomic mass is 10.1. The Bertz CT molecular complexity index is 530. The van der Waals surface area contributed by atoms with Gasteiger partial charge in [0.2, 0.25) is 10.0 Å². The number of nitrogens with zero attached hydrogens (tertiary/aromatic N) is 1. The Morgan fingerprint density at radius 1 is 1.56 bits per heavy atom. The van der Waals surface area contributed by atoms with Crippen molar-refractivity contribution < 1.29 is 12.8 Å². The van der Waals surface area contributed by atoms with Crippen molar-refractivity contribution in [3.8, 4) is 0 Å². The van der Waals surface area contributed by atoms with Gasteiger partial charge < -0.3 is 5.43 Å². The monoisotopic (exact) mass is 245 g/mol. The Hall–Kier alpha value is -1.34. The average Bonchev–Trinajstić information content (AvgIpc) is 2.47. The van der Waals surface area contributed by atoms with Crippen molar-refractivity contribution in [2.24, 2.45) is 5.84 Å². The van der Waals surface area contributed by atoms with Gasteiger partial charge in [0, 0.05) is 12.1 Å². The third-order valence-electron chi connectivity index (χ3n) is 2.60. The lowest BCUT2D eigenvalue weighted by Crippen LogP contribution is -2.25. The quantitative estimate of drug-likeness (QED) is 0.596. The Morgan fingerprint density at radius 2 is 2.25 bits per heavy atom. The number of sulfonamides is 1. The van der Waals surface area contributed by atoms with E-state index in [0.717, 1.165) is 0 Å². The van der Waals surface area contributed by atoms with Crippen molar-refractivity contribution in [2.45, 2.75) is 12.7 Å². The molecule has 0 aliphatic carbocycles. The van der Waals surface area contributed by atoms with Crippen LogP contribution in [-0.2, 0) is 15.8 Å². The molecule has 0 saturated carbocycles. The molecule has 0 aromatic heterocycles. The number of benzene rings is 1. The number of rotatable bonds is 2. The number of halogens is 1. The van der Waals surface area contributed by atoms with Crippen LogP contribution >= 0.6 is 0 Å². The molecule has 88 valence electrons. The fraction of sp³-hybridized carbons (Fsp3) is 0.333. The van der Waals surface area contributed by atoms with Gasteiger partial charge in [0.05, 0.1) is 17.1 Å². The maximum absolute atomic E-state index is 13.4. The van der Waals surface area contributed by atoms with Gasteiger partial charge >= 0.3 is 0 Å². The lowest BCUT2D eigenvalue weighted by Gasteiger charge is -2.15. The molecule has 0 spiro atoms. The zero-order valence-electron chi connectivity index (χ0n) is 8.70. The fourth-order valence-corrected chi connectivity index (χ4v) is 3.60. The standard InChI is InChI=1S/C9H12FN3O2S/c1-2-13-8-4-3-7(10)9(12-11)6(8)5-16(13,14)15/h3-4,12H,2,5,11H2,1H3. The van der Waals surface area contributed by atoms with Gasteiger partial charge in [-0.1, -0.05) is 0 Å². The highest BCUT2D eigenvalue weighted by Crippen LogP contribution is 2.38. The van der Waals surface area contributed by atoms with Crippen LogP contribution in [0.4, 0.5) is 15.8 Å². The minimum absolute atomic E-state index is 0.0528. The predicted molar refractivity (Wildman–Crippen MR) is 59.9 cm³/mol. The third kappa shape index (κ3) is 1.43. The van der Waals surface area contributed by atoms with Gasteiger partial charge in [0.25, 0.3) is 0 Å². The minimum Gasteiger partial charge on any atom is -0.321 e. The number of hydrogen-bond donors (Lipinski definition) is 2. The van der Waals surface area contributed by atoms with E-state index in [-0.39, 0.29) is 11.4 Å². The van der Waals surface area contributed by atoms with Gasteiger partial charge in [0.15, 0.2) is 0 Å². The summed E-state index contributed by atoms with van der Waals surface area (Å²) in [6.07, 6.45) is 0. The van der Waals surface area contributed by atoms with E-state index in [1.807, 2.05) is 0 Å². The highest BCUT2D eigenvalue weighted by atomic mass is 32.2. The summed E-state index contributed by atoms with van der Waals surface area (Å²) in [5, 5.41) is 0. The molecule has 0 bridgehead atoms. The number of anilines is 2. The Morgan fingerprint density at radius 3 is 2.81 bits per heavy atom. The van der Waals surface area contributed by atoms with Gasteiger partial charge in [-0.15, -0.1) is 0 Å². The summed E-state index contributed by atoms with van der Waals surface area (Å²) in [4.78, 5) is 0.